The molecule has 9 nitrogen and oxygen atoms in total. The van der Waals surface area contributed by atoms with Crippen LogP contribution in [0.5, 0.6) is 0 Å². The molecule has 10 heteroatoms. The molecule has 0 aliphatic carbocycles. The third-order valence-corrected chi connectivity index (χ3v) is 5.19. The zero-order valence-corrected chi connectivity index (χ0v) is 16.5. The second-order valence-electron chi connectivity index (χ2n) is 5.92. The van der Waals surface area contributed by atoms with Crippen LogP contribution in [-0.4, -0.2) is 42.2 Å². The zero-order valence-electron chi connectivity index (χ0n) is 15.7. The van der Waals surface area contributed by atoms with Gasteiger partial charge in [0.1, 0.15) is 0 Å². The average molecular weight is 415 g/mol. The maximum absolute atomic E-state index is 12.6. The predicted octanol–water partition coefficient (Wildman–Crippen LogP) is 2.79. The Morgan fingerprint density at radius 3 is 2.45 bits per heavy atom. The van der Waals surface area contributed by atoms with Gasteiger partial charge >= 0.3 is 5.97 Å². The number of ether oxygens (including phenoxy) is 2. The van der Waals surface area contributed by atoms with Crippen molar-refractivity contribution in [2.75, 3.05) is 20.8 Å². The maximum Gasteiger partial charge on any atom is 0.337 e. The van der Waals surface area contributed by atoms with Gasteiger partial charge < -0.3 is 14.0 Å². The Balaban J connectivity index is 2.06. The van der Waals surface area contributed by atoms with E-state index in [1.165, 1.54) is 42.7 Å². The Labute approximate surface area is 169 Å². The summed E-state index contributed by atoms with van der Waals surface area (Å²) in [4.78, 5) is 39.2. The Morgan fingerprint density at radius 1 is 1.14 bits per heavy atom. The quantitative estimate of drug-likeness (QED) is 0.348. The minimum Gasteiger partial charge on any atom is -0.465 e. The lowest BCUT2D eigenvalue weighted by atomic mass is 10.2. The number of fused-ring (bicyclic) bond motifs is 1. The first kappa shape index (κ1) is 20.4. The molecule has 0 saturated heterocycles. The molecular weight excluding hydrogens is 398 g/mol. The van der Waals surface area contributed by atoms with E-state index in [9.17, 15) is 19.7 Å². The molecule has 2 aromatic carbocycles. The van der Waals surface area contributed by atoms with E-state index in [-0.39, 0.29) is 11.3 Å². The van der Waals surface area contributed by atoms with Gasteiger partial charge in [0.15, 0.2) is 4.80 Å². The van der Waals surface area contributed by atoms with E-state index >= 15 is 0 Å². The number of thiazole rings is 1. The Hall–Kier alpha value is -3.37. The third kappa shape index (κ3) is 4.39. The van der Waals surface area contributed by atoms with Crippen LogP contribution in [-0.2, 0) is 16.0 Å². The monoisotopic (exact) mass is 415 g/mol. The number of nitro benzene ring substituents is 1. The number of nitrogens with zero attached hydrogens (tertiary/aromatic N) is 3. The van der Waals surface area contributed by atoms with Crippen LogP contribution < -0.4 is 4.80 Å². The summed E-state index contributed by atoms with van der Waals surface area (Å²) < 4.78 is 12.5. The van der Waals surface area contributed by atoms with Crippen LogP contribution in [0.15, 0.2) is 47.5 Å². The van der Waals surface area contributed by atoms with Crippen molar-refractivity contribution < 1.29 is 24.0 Å². The van der Waals surface area contributed by atoms with Crippen LogP contribution in [0.25, 0.3) is 10.2 Å². The highest BCUT2D eigenvalue weighted by Gasteiger charge is 2.13. The van der Waals surface area contributed by atoms with Crippen LogP contribution in [0.2, 0.25) is 0 Å². The summed E-state index contributed by atoms with van der Waals surface area (Å²) in [5, 5.41) is 10.8. The van der Waals surface area contributed by atoms with Gasteiger partial charge in [0.25, 0.3) is 11.6 Å². The fraction of sp³-hybridized carbons (Fsp3) is 0.211. The van der Waals surface area contributed by atoms with Crippen molar-refractivity contribution in [2.45, 2.75) is 6.54 Å². The number of rotatable bonds is 6. The van der Waals surface area contributed by atoms with E-state index < -0.39 is 16.8 Å². The van der Waals surface area contributed by atoms with E-state index in [2.05, 4.69) is 4.99 Å². The first-order valence-electron chi connectivity index (χ1n) is 8.48. The SMILES string of the molecule is COCCn1c(=NC(=O)c2ccc([N+](=O)[O-])cc2)sc2cc(C(=O)OC)ccc21. The number of benzene rings is 2. The van der Waals surface area contributed by atoms with E-state index in [0.717, 1.165) is 10.2 Å². The highest BCUT2D eigenvalue weighted by atomic mass is 32.1. The number of hydrogen-bond acceptors (Lipinski definition) is 7. The van der Waals surface area contributed by atoms with Gasteiger partial charge in [-0.1, -0.05) is 11.3 Å². The van der Waals surface area contributed by atoms with Crippen LogP contribution >= 0.6 is 11.3 Å². The summed E-state index contributed by atoms with van der Waals surface area (Å²) in [6.07, 6.45) is 0. The van der Waals surface area contributed by atoms with Crippen LogP contribution in [0.4, 0.5) is 5.69 Å². The second-order valence-corrected chi connectivity index (χ2v) is 6.93. The summed E-state index contributed by atoms with van der Waals surface area (Å²) in [7, 11) is 2.88. The van der Waals surface area contributed by atoms with Crippen LogP contribution in [0.3, 0.4) is 0 Å². The van der Waals surface area contributed by atoms with Crippen molar-refractivity contribution >= 4 is 39.1 Å². The lowest BCUT2D eigenvalue weighted by Gasteiger charge is -2.05. The summed E-state index contributed by atoms with van der Waals surface area (Å²) in [5.41, 5.74) is 1.33. The topological polar surface area (TPSA) is 113 Å². The molecule has 29 heavy (non-hydrogen) atoms. The van der Waals surface area contributed by atoms with E-state index in [1.54, 1.807) is 25.3 Å². The zero-order chi connectivity index (χ0) is 21.0. The Bertz CT molecular complexity index is 1150. The van der Waals surface area contributed by atoms with Gasteiger partial charge in [-0.3, -0.25) is 14.9 Å². The number of esters is 1. The fourth-order valence-electron chi connectivity index (χ4n) is 2.68. The molecule has 0 aliphatic rings. The molecule has 1 heterocycles. The predicted molar refractivity (Wildman–Crippen MR) is 106 cm³/mol. The van der Waals surface area contributed by atoms with Crippen molar-refractivity contribution in [3.05, 3.63) is 68.5 Å². The largest absolute Gasteiger partial charge is 0.465 e. The molecule has 0 fully saturated rings. The average Bonchev–Trinajstić information content (AvgIpc) is 3.07. The molecule has 0 unspecified atom stereocenters. The van der Waals surface area contributed by atoms with Crippen LogP contribution in [0.1, 0.15) is 20.7 Å². The second kappa shape index (κ2) is 8.76. The van der Waals surface area contributed by atoms with Gasteiger partial charge in [0.2, 0.25) is 0 Å². The third-order valence-electron chi connectivity index (χ3n) is 4.15. The maximum atomic E-state index is 12.6. The Kier molecular flexibility index (Phi) is 6.15. The summed E-state index contributed by atoms with van der Waals surface area (Å²) in [6.45, 7) is 0.865. The molecule has 1 amide bonds. The molecule has 3 aromatic rings. The fourth-order valence-corrected chi connectivity index (χ4v) is 3.77. The Morgan fingerprint density at radius 2 is 1.83 bits per heavy atom. The molecule has 0 bridgehead atoms. The molecule has 0 spiro atoms. The van der Waals surface area contributed by atoms with Gasteiger partial charge in [-0.25, -0.2) is 4.79 Å². The van der Waals surface area contributed by atoms with Gasteiger partial charge in [-0.2, -0.15) is 4.99 Å². The van der Waals surface area contributed by atoms with Gasteiger partial charge in [0, 0.05) is 31.4 Å². The molecule has 0 aliphatic heterocycles. The normalized spacial score (nSPS) is 11.6. The number of amides is 1. The molecule has 150 valence electrons. The number of methoxy groups -OCH3 is 2. The number of carbonyl (C=O) groups excluding carboxylic acids is 2. The molecule has 0 radical (unpaired) electrons. The van der Waals surface area contributed by atoms with Crippen molar-refractivity contribution in [3.8, 4) is 0 Å². The first-order chi connectivity index (χ1) is 13.9. The number of hydrogen-bond donors (Lipinski definition) is 0. The highest BCUT2D eigenvalue weighted by Crippen LogP contribution is 2.20. The highest BCUT2D eigenvalue weighted by molar-refractivity contribution is 7.16. The van der Waals surface area contributed by atoms with Crippen LogP contribution in [0, 0.1) is 10.1 Å². The minimum atomic E-state index is -0.533. The van der Waals surface area contributed by atoms with Crippen molar-refractivity contribution in [2.24, 2.45) is 4.99 Å². The summed E-state index contributed by atoms with van der Waals surface area (Å²) in [6, 6.07) is 10.3. The lowest BCUT2D eigenvalue weighted by molar-refractivity contribution is -0.384. The molecule has 3 rings (SSSR count). The summed E-state index contributed by atoms with van der Waals surface area (Å²) in [5.74, 6) is -0.977. The molecule has 0 atom stereocenters. The molecular formula is C19H17N3O6S. The van der Waals surface area contributed by atoms with Crippen molar-refractivity contribution in [1.82, 2.24) is 4.57 Å². The van der Waals surface area contributed by atoms with Crippen molar-refractivity contribution in [1.29, 1.82) is 0 Å². The minimum absolute atomic E-state index is 0.103. The standard InChI is InChI=1S/C19H17N3O6S/c1-27-10-9-21-15-8-5-13(18(24)28-2)11-16(15)29-19(21)20-17(23)12-3-6-14(7-4-12)22(25)26/h3-8,11H,9-10H2,1-2H3. The van der Waals surface area contributed by atoms with Gasteiger partial charge in [-0.15, -0.1) is 0 Å². The summed E-state index contributed by atoms with van der Waals surface area (Å²) >= 11 is 1.25. The van der Waals surface area contributed by atoms with Gasteiger partial charge in [0.05, 0.1) is 34.4 Å². The van der Waals surface area contributed by atoms with Gasteiger partial charge in [-0.05, 0) is 30.3 Å². The lowest BCUT2D eigenvalue weighted by Crippen LogP contribution is -2.19. The van der Waals surface area contributed by atoms with Crippen molar-refractivity contribution in [3.63, 3.8) is 0 Å². The smallest absolute Gasteiger partial charge is 0.337 e. The number of non-ortho nitro benzene ring substituents is 1. The molecule has 0 N–H and O–H groups in total. The first-order valence-corrected chi connectivity index (χ1v) is 9.30. The molecule has 1 aromatic heterocycles. The number of nitro groups is 1. The number of aromatic nitrogens is 1. The van der Waals surface area contributed by atoms with E-state index in [4.69, 9.17) is 9.47 Å². The number of carbonyl (C=O) groups is 2. The van der Waals surface area contributed by atoms with E-state index in [1.807, 2.05) is 4.57 Å². The van der Waals surface area contributed by atoms with E-state index in [0.29, 0.717) is 23.5 Å². The molecule has 0 saturated carbocycles.